The third-order valence-corrected chi connectivity index (χ3v) is 4.16. The van der Waals surface area contributed by atoms with Crippen LogP contribution in [0.3, 0.4) is 0 Å². The van der Waals surface area contributed by atoms with E-state index >= 15 is 0 Å². The van der Waals surface area contributed by atoms with Crippen LogP contribution in [0.25, 0.3) is 0 Å². The van der Waals surface area contributed by atoms with Crippen molar-refractivity contribution < 1.29 is 0 Å². The maximum atomic E-state index is 6.04. The van der Waals surface area contributed by atoms with Crippen LogP contribution in [-0.2, 0) is 5.41 Å². The van der Waals surface area contributed by atoms with Crippen molar-refractivity contribution in [2.45, 2.75) is 38.5 Å². The molecular formula is C14H21N. The van der Waals surface area contributed by atoms with Gasteiger partial charge in [0.1, 0.15) is 0 Å². The molecule has 0 heterocycles. The Morgan fingerprint density at radius 1 is 1.47 bits per heavy atom. The predicted octanol–water partition coefficient (Wildman–Crippen LogP) is 3.01. The molecule has 1 aromatic rings. The molecule has 1 aliphatic carbocycles. The largest absolute Gasteiger partial charge is 0.330 e. The molecule has 0 amide bonds. The minimum Gasteiger partial charge on any atom is -0.330 e. The number of rotatable bonds is 2. The number of benzene rings is 1. The zero-order valence-corrected chi connectivity index (χ0v) is 9.79. The molecule has 1 nitrogen and oxygen atoms in total. The lowest BCUT2D eigenvalue weighted by atomic mass is 9.73. The SMILES string of the molecule is Cc1cccc(C2(CN)CCCC2C)c1. The molecule has 0 radical (unpaired) electrons. The molecule has 82 valence electrons. The van der Waals surface area contributed by atoms with Crippen LogP contribution in [0, 0.1) is 12.8 Å². The van der Waals surface area contributed by atoms with Gasteiger partial charge in [0, 0.05) is 12.0 Å². The Morgan fingerprint density at radius 2 is 2.27 bits per heavy atom. The summed E-state index contributed by atoms with van der Waals surface area (Å²) < 4.78 is 0. The maximum Gasteiger partial charge on any atom is 0.0101 e. The molecule has 2 N–H and O–H groups in total. The van der Waals surface area contributed by atoms with Crippen molar-refractivity contribution >= 4 is 0 Å². The van der Waals surface area contributed by atoms with Crippen LogP contribution in [-0.4, -0.2) is 6.54 Å². The second kappa shape index (κ2) is 3.97. The van der Waals surface area contributed by atoms with Crippen molar-refractivity contribution in [2.24, 2.45) is 11.7 Å². The first-order valence-corrected chi connectivity index (χ1v) is 5.96. The van der Waals surface area contributed by atoms with Gasteiger partial charge in [-0.2, -0.15) is 0 Å². The average molecular weight is 203 g/mol. The van der Waals surface area contributed by atoms with Crippen molar-refractivity contribution in [1.29, 1.82) is 0 Å². The number of hydrogen-bond donors (Lipinski definition) is 1. The third-order valence-electron chi connectivity index (χ3n) is 4.16. The standard InChI is InChI=1S/C14H21N/c1-11-5-3-7-13(9-11)14(10-15)8-4-6-12(14)2/h3,5,7,9,12H,4,6,8,10,15H2,1-2H3. The van der Waals surface area contributed by atoms with E-state index in [-0.39, 0.29) is 5.41 Å². The highest BCUT2D eigenvalue weighted by Gasteiger charge is 2.40. The van der Waals surface area contributed by atoms with Gasteiger partial charge in [0.25, 0.3) is 0 Å². The molecule has 2 atom stereocenters. The molecule has 2 unspecified atom stereocenters. The lowest BCUT2D eigenvalue weighted by molar-refractivity contribution is 0.346. The summed E-state index contributed by atoms with van der Waals surface area (Å²) in [4.78, 5) is 0. The van der Waals surface area contributed by atoms with Crippen molar-refractivity contribution in [3.63, 3.8) is 0 Å². The molecule has 1 aliphatic rings. The van der Waals surface area contributed by atoms with Gasteiger partial charge in [-0.15, -0.1) is 0 Å². The van der Waals surface area contributed by atoms with Gasteiger partial charge >= 0.3 is 0 Å². The monoisotopic (exact) mass is 203 g/mol. The third kappa shape index (κ3) is 1.69. The first-order valence-electron chi connectivity index (χ1n) is 5.96. The highest BCUT2D eigenvalue weighted by Crippen LogP contribution is 2.44. The van der Waals surface area contributed by atoms with E-state index in [9.17, 15) is 0 Å². The molecule has 1 heteroatoms. The van der Waals surface area contributed by atoms with Crippen molar-refractivity contribution in [1.82, 2.24) is 0 Å². The summed E-state index contributed by atoms with van der Waals surface area (Å²) in [6, 6.07) is 8.89. The van der Waals surface area contributed by atoms with E-state index in [2.05, 4.69) is 38.1 Å². The van der Waals surface area contributed by atoms with Gasteiger partial charge in [0.05, 0.1) is 0 Å². The van der Waals surface area contributed by atoms with Crippen molar-refractivity contribution in [3.05, 3.63) is 35.4 Å². The van der Waals surface area contributed by atoms with Crippen LogP contribution in [0.2, 0.25) is 0 Å². The zero-order chi connectivity index (χ0) is 10.9. The molecule has 2 rings (SSSR count). The van der Waals surface area contributed by atoms with Crippen LogP contribution < -0.4 is 5.73 Å². The summed E-state index contributed by atoms with van der Waals surface area (Å²) in [5.74, 6) is 0.726. The summed E-state index contributed by atoms with van der Waals surface area (Å²) in [6.07, 6.45) is 3.91. The second-order valence-electron chi connectivity index (χ2n) is 5.02. The van der Waals surface area contributed by atoms with E-state index in [1.165, 1.54) is 30.4 Å². The summed E-state index contributed by atoms with van der Waals surface area (Å²) in [5.41, 5.74) is 9.10. The van der Waals surface area contributed by atoms with Crippen LogP contribution >= 0.6 is 0 Å². The molecule has 0 aliphatic heterocycles. The molecule has 0 spiro atoms. The zero-order valence-electron chi connectivity index (χ0n) is 9.79. The van der Waals surface area contributed by atoms with Gasteiger partial charge in [0.15, 0.2) is 0 Å². The van der Waals surface area contributed by atoms with E-state index in [1.54, 1.807) is 0 Å². The molecule has 1 fully saturated rings. The Hall–Kier alpha value is -0.820. The number of aryl methyl sites for hydroxylation is 1. The van der Waals surface area contributed by atoms with E-state index in [1.807, 2.05) is 0 Å². The Balaban J connectivity index is 2.42. The smallest absolute Gasteiger partial charge is 0.0101 e. The molecule has 0 aromatic heterocycles. The molecule has 1 aromatic carbocycles. The summed E-state index contributed by atoms with van der Waals surface area (Å²) >= 11 is 0. The topological polar surface area (TPSA) is 26.0 Å². The molecular weight excluding hydrogens is 182 g/mol. The lowest BCUT2D eigenvalue weighted by Crippen LogP contribution is -2.37. The number of hydrogen-bond acceptors (Lipinski definition) is 1. The van der Waals surface area contributed by atoms with Crippen molar-refractivity contribution in [3.8, 4) is 0 Å². The highest BCUT2D eigenvalue weighted by molar-refractivity contribution is 5.32. The predicted molar refractivity (Wildman–Crippen MR) is 64.9 cm³/mol. The minimum absolute atomic E-state index is 0.256. The molecule has 0 bridgehead atoms. The second-order valence-corrected chi connectivity index (χ2v) is 5.02. The van der Waals surface area contributed by atoms with Crippen LogP contribution in [0.15, 0.2) is 24.3 Å². The fourth-order valence-electron chi connectivity index (χ4n) is 3.05. The average Bonchev–Trinajstić information content (AvgIpc) is 2.61. The first kappa shape index (κ1) is 10.7. The quantitative estimate of drug-likeness (QED) is 0.785. The highest BCUT2D eigenvalue weighted by atomic mass is 14.6. The maximum absolute atomic E-state index is 6.04. The normalized spacial score (nSPS) is 30.7. The van der Waals surface area contributed by atoms with Gasteiger partial charge in [-0.3, -0.25) is 0 Å². The number of nitrogens with two attached hydrogens (primary N) is 1. The Bertz CT molecular complexity index is 345. The van der Waals surface area contributed by atoms with Gasteiger partial charge in [0.2, 0.25) is 0 Å². The summed E-state index contributed by atoms with van der Waals surface area (Å²) in [5, 5.41) is 0. The van der Waals surface area contributed by atoms with Crippen LogP contribution in [0.5, 0.6) is 0 Å². The summed E-state index contributed by atoms with van der Waals surface area (Å²) in [7, 11) is 0. The van der Waals surface area contributed by atoms with Gasteiger partial charge in [-0.1, -0.05) is 43.2 Å². The van der Waals surface area contributed by atoms with Crippen molar-refractivity contribution in [2.75, 3.05) is 6.54 Å². The van der Waals surface area contributed by atoms with E-state index in [0.29, 0.717) is 0 Å². The Kier molecular flexibility index (Phi) is 2.83. The van der Waals surface area contributed by atoms with Crippen LogP contribution in [0.4, 0.5) is 0 Å². The van der Waals surface area contributed by atoms with E-state index in [4.69, 9.17) is 5.73 Å². The molecule has 1 saturated carbocycles. The molecule has 0 saturated heterocycles. The van der Waals surface area contributed by atoms with Gasteiger partial charge in [-0.25, -0.2) is 0 Å². The fourth-order valence-corrected chi connectivity index (χ4v) is 3.05. The Morgan fingerprint density at radius 3 is 2.80 bits per heavy atom. The summed E-state index contributed by atoms with van der Waals surface area (Å²) in [6.45, 7) is 5.30. The Labute approximate surface area is 92.7 Å². The minimum atomic E-state index is 0.256. The van der Waals surface area contributed by atoms with Gasteiger partial charge < -0.3 is 5.73 Å². The fraction of sp³-hybridized carbons (Fsp3) is 0.571. The van der Waals surface area contributed by atoms with E-state index in [0.717, 1.165) is 12.5 Å². The van der Waals surface area contributed by atoms with E-state index < -0.39 is 0 Å². The lowest BCUT2D eigenvalue weighted by Gasteiger charge is -2.33. The first-order chi connectivity index (χ1) is 7.19. The van der Waals surface area contributed by atoms with Crippen LogP contribution in [0.1, 0.15) is 37.3 Å². The van der Waals surface area contributed by atoms with Gasteiger partial charge in [-0.05, 0) is 31.2 Å². The molecule has 15 heavy (non-hydrogen) atoms.